The molecule has 1 N–H and O–H groups in total. The van der Waals surface area contributed by atoms with Crippen molar-refractivity contribution >= 4 is 39.8 Å². The van der Waals surface area contributed by atoms with Gasteiger partial charge in [0.25, 0.3) is 5.69 Å². The van der Waals surface area contributed by atoms with Crippen LogP contribution in [0, 0.1) is 10.1 Å². The number of anilines is 1. The number of amides is 1. The smallest absolute Gasteiger partial charge is 0.269 e. The highest BCUT2D eigenvalue weighted by atomic mass is 32.2. The minimum absolute atomic E-state index is 0.0120. The van der Waals surface area contributed by atoms with Crippen LogP contribution in [0.15, 0.2) is 41.0 Å². The van der Waals surface area contributed by atoms with E-state index in [4.69, 9.17) is 0 Å². The molecule has 2 heterocycles. The molecule has 11 heteroatoms. The molecule has 0 aliphatic carbocycles. The van der Waals surface area contributed by atoms with Gasteiger partial charge in [-0.15, -0.1) is 21.5 Å². The van der Waals surface area contributed by atoms with Crippen LogP contribution in [0.25, 0.3) is 11.4 Å². The number of thiazole rings is 1. The summed E-state index contributed by atoms with van der Waals surface area (Å²) in [6.07, 6.45) is 1.62. The van der Waals surface area contributed by atoms with Gasteiger partial charge in [0.15, 0.2) is 16.1 Å². The quantitative estimate of drug-likeness (QED) is 0.391. The number of thioether (sulfide) groups is 1. The minimum Gasteiger partial charge on any atom is -0.305 e. The van der Waals surface area contributed by atoms with E-state index < -0.39 is 10.2 Å². The number of hydrogen-bond acceptors (Lipinski definition) is 8. The van der Waals surface area contributed by atoms with E-state index in [0.717, 1.165) is 0 Å². The summed E-state index contributed by atoms with van der Waals surface area (Å²) >= 11 is 2.62. The van der Waals surface area contributed by atoms with E-state index in [1.165, 1.54) is 35.2 Å². The Morgan fingerprint density at radius 3 is 2.69 bits per heavy atom. The number of aromatic nitrogens is 4. The SMILES string of the molecule is C[C@H](Sc1nnc(-c2ccc([N+](=O)[O-])cc2)n1C)C(=O)Nc1nccs1. The lowest BCUT2D eigenvalue weighted by Gasteiger charge is -2.10. The van der Waals surface area contributed by atoms with E-state index in [-0.39, 0.29) is 11.6 Å². The summed E-state index contributed by atoms with van der Waals surface area (Å²) in [5.74, 6) is 0.389. The first-order valence-corrected chi connectivity index (χ1v) is 9.23. The fourth-order valence-corrected chi connectivity index (χ4v) is 3.45. The van der Waals surface area contributed by atoms with Gasteiger partial charge >= 0.3 is 0 Å². The number of non-ortho nitro benzene ring substituents is 1. The summed E-state index contributed by atoms with van der Waals surface area (Å²) in [4.78, 5) is 26.5. The Morgan fingerprint density at radius 2 is 2.08 bits per heavy atom. The number of nitro groups is 1. The molecule has 0 fully saturated rings. The third kappa shape index (κ3) is 3.89. The maximum absolute atomic E-state index is 12.2. The molecule has 0 aliphatic rings. The average molecular weight is 390 g/mol. The van der Waals surface area contributed by atoms with E-state index in [1.54, 1.807) is 42.2 Å². The maximum Gasteiger partial charge on any atom is 0.269 e. The van der Waals surface area contributed by atoms with Gasteiger partial charge in [-0.25, -0.2) is 4.98 Å². The second-order valence-corrected chi connectivity index (χ2v) is 7.46. The number of carbonyl (C=O) groups excluding carboxylic acids is 1. The Labute approximate surface area is 156 Å². The predicted molar refractivity (Wildman–Crippen MR) is 99.2 cm³/mol. The van der Waals surface area contributed by atoms with Gasteiger partial charge in [0, 0.05) is 36.3 Å². The maximum atomic E-state index is 12.2. The number of rotatable bonds is 6. The Balaban J connectivity index is 1.72. The van der Waals surface area contributed by atoms with Crippen LogP contribution < -0.4 is 5.32 Å². The van der Waals surface area contributed by atoms with E-state index in [1.807, 2.05) is 0 Å². The van der Waals surface area contributed by atoms with Crippen LogP contribution >= 0.6 is 23.1 Å². The molecule has 1 amide bonds. The van der Waals surface area contributed by atoms with Crippen molar-refractivity contribution in [2.75, 3.05) is 5.32 Å². The summed E-state index contributed by atoms with van der Waals surface area (Å²) in [5, 5.41) is 24.2. The molecule has 0 saturated heterocycles. The fourth-order valence-electron chi connectivity index (χ4n) is 2.10. The Hall–Kier alpha value is -2.79. The Morgan fingerprint density at radius 1 is 1.35 bits per heavy atom. The predicted octanol–water partition coefficient (Wildman–Crippen LogP) is 2.97. The zero-order valence-electron chi connectivity index (χ0n) is 13.8. The molecular formula is C15H14N6O3S2. The monoisotopic (exact) mass is 390 g/mol. The normalized spacial score (nSPS) is 11.9. The van der Waals surface area contributed by atoms with Gasteiger partial charge in [-0.3, -0.25) is 14.9 Å². The highest BCUT2D eigenvalue weighted by molar-refractivity contribution is 8.00. The van der Waals surface area contributed by atoms with Gasteiger partial charge in [0.1, 0.15) is 0 Å². The number of nitrogens with zero attached hydrogens (tertiary/aromatic N) is 5. The molecular weight excluding hydrogens is 376 g/mol. The molecule has 3 rings (SSSR count). The van der Waals surface area contributed by atoms with Crippen LogP contribution in [-0.4, -0.2) is 35.8 Å². The summed E-state index contributed by atoms with van der Waals surface area (Å²) in [5.41, 5.74) is 0.718. The lowest BCUT2D eigenvalue weighted by molar-refractivity contribution is -0.384. The van der Waals surface area contributed by atoms with Crippen molar-refractivity contribution in [3.05, 3.63) is 46.0 Å². The number of nitro benzene ring substituents is 1. The van der Waals surface area contributed by atoms with Crippen LogP contribution in [0.5, 0.6) is 0 Å². The van der Waals surface area contributed by atoms with Gasteiger partial charge in [0.2, 0.25) is 5.91 Å². The van der Waals surface area contributed by atoms with E-state index in [2.05, 4.69) is 20.5 Å². The number of benzene rings is 1. The summed E-state index contributed by atoms with van der Waals surface area (Å²) in [7, 11) is 1.78. The van der Waals surface area contributed by atoms with Crippen LogP contribution in [0.3, 0.4) is 0 Å². The highest BCUT2D eigenvalue weighted by Crippen LogP contribution is 2.27. The standard InChI is InChI=1S/C15H14N6O3S2/c1-9(13(22)17-14-16-7-8-25-14)26-15-19-18-12(20(15)2)10-3-5-11(6-4-10)21(23)24/h3-9H,1-2H3,(H,16,17,22)/t9-/m0/s1. The van der Waals surface area contributed by atoms with Crippen molar-refractivity contribution < 1.29 is 9.72 Å². The molecule has 0 aliphatic heterocycles. The fraction of sp³-hybridized carbons (Fsp3) is 0.200. The first-order valence-electron chi connectivity index (χ1n) is 7.47. The van der Waals surface area contributed by atoms with Gasteiger partial charge in [0.05, 0.1) is 10.2 Å². The molecule has 0 saturated carbocycles. The largest absolute Gasteiger partial charge is 0.305 e. The lowest BCUT2D eigenvalue weighted by atomic mass is 10.2. The van der Waals surface area contributed by atoms with E-state index in [9.17, 15) is 14.9 Å². The molecule has 3 aromatic rings. The van der Waals surface area contributed by atoms with Crippen LogP contribution in [0.2, 0.25) is 0 Å². The molecule has 134 valence electrons. The van der Waals surface area contributed by atoms with Gasteiger partial charge < -0.3 is 9.88 Å². The summed E-state index contributed by atoms with van der Waals surface area (Å²) in [6.45, 7) is 1.77. The van der Waals surface area contributed by atoms with Crippen molar-refractivity contribution in [2.24, 2.45) is 7.05 Å². The van der Waals surface area contributed by atoms with Crippen LogP contribution in [-0.2, 0) is 11.8 Å². The number of nitrogens with one attached hydrogen (secondary N) is 1. The summed E-state index contributed by atoms with van der Waals surface area (Å²) in [6, 6.07) is 6.08. The van der Waals surface area contributed by atoms with Gasteiger partial charge in [-0.2, -0.15) is 0 Å². The Kier molecular flexibility index (Phi) is 5.28. The molecule has 1 aromatic carbocycles. The second kappa shape index (κ2) is 7.62. The number of hydrogen-bond donors (Lipinski definition) is 1. The molecule has 9 nitrogen and oxygen atoms in total. The number of carbonyl (C=O) groups is 1. The lowest BCUT2D eigenvalue weighted by Crippen LogP contribution is -2.22. The highest BCUT2D eigenvalue weighted by Gasteiger charge is 2.20. The van der Waals surface area contributed by atoms with Crippen molar-refractivity contribution in [1.29, 1.82) is 0 Å². The molecule has 0 bridgehead atoms. The van der Waals surface area contributed by atoms with E-state index >= 15 is 0 Å². The molecule has 1 atom stereocenters. The van der Waals surface area contributed by atoms with Crippen LogP contribution in [0.4, 0.5) is 10.8 Å². The average Bonchev–Trinajstić information content (AvgIpc) is 3.25. The van der Waals surface area contributed by atoms with Crippen molar-refractivity contribution in [3.8, 4) is 11.4 Å². The second-order valence-electron chi connectivity index (χ2n) is 5.26. The van der Waals surface area contributed by atoms with Crippen molar-refractivity contribution in [3.63, 3.8) is 0 Å². The summed E-state index contributed by atoms with van der Waals surface area (Å²) < 4.78 is 1.75. The molecule has 2 aromatic heterocycles. The van der Waals surface area contributed by atoms with Crippen molar-refractivity contribution in [1.82, 2.24) is 19.7 Å². The zero-order chi connectivity index (χ0) is 18.7. The van der Waals surface area contributed by atoms with Gasteiger partial charge in [-0.05, 0) is 19.1 Å². The van der Waals surface area contributed by atoms with Crippen LogP contribution in [0.1, 0.15) is 6.92 Å². The minimum atomic E-state index is -0.454. The Bertz CT molecular complexity index is 924. The van der Waals surface area contributed by atoms with E-state index in [0.29, 0.717) is 21.7 Å². The van der Waals surface area contributed by atoms with Crippen molar-refractivity contribution in [2.45, 2.75) is 17.3 Å². The van der Waals surface area contributed by atoms with Gasteiger partial charge in [-0.1, -0.05) is 11.8 Å². The molecule has 26 heavy (non-hydrogen) atoms. The zero-order valence-corrected chi connectivity index (χ0v) is 15.5. The third-order valence-electron chi connectivity index (χ3n) is 3.49. The first-order chi connectivity index (χ1) is 12.5. The first kappa shape index (κ1) is 18.0. The topological polar surface area (TPSA) is 116 Å². The third-order valence-corrected chi connectivity index (χ3v) is 5.31. The molecule has 0 radical (unpaired) electrons. The molecule has 0 unspecified atom stereocenters. The molecule has 0 spiro atoms.